The smallest absolute Gasteiger partial charge is 0.382 e. The summed E-state index contributed by atoms with van der Waals surface area (Å²) in [7, 11) is 0. The molecular formula is C11H8Cl2F3N5. The van der Waals surface area contributed by atoms with Crippen LogP contribution in [0.4, 0.5) is 18.9 Å². The molecule has 5 nitrogen and oxygen atoms in total. The van der Waals surface area contributed by atoms with Crippen molar-refractivity contribution in [3.8, 4) is 6.07 Å². The van der Waals surface area contributed by atoms with Crippen molar-refractivity contribution in [1.29, 1.82) is 10.7 Å². The van der Waals surface area contributed by atoms with Gasteiger partial charge in [-0.15, -0.1) is 0 Å². The molecule has 4 N–H and O–H groups in total. The topological polar surface area (TPSA) is 98.0 Å². The third-order valence-corrected chi connectivity index (χ3v) is 3.21. The first-order valence-electron chi connectivity index (χ1n) is 5.23. The quantitative estimate of drug-likeness (QED) is 0.446. The fourth-order valence-electron chi connectivity index (χ4n) is 1.40. The van der Waals surface area contributed by atoms with E-state index >= 15 is 0 Å². The molecule has 21 heavy (non-hydrogen) atoms. The summed E-state index contributed by atoms with van der Waals surface area (Å²) in [6.45, 7) is 1.17. The number of amidine groups is 1. The van der Waals surface area contributed by atoms with Crippen LogP contribution < -0.4 is 11.2 Å². The molecule has 1 aromatic rings. The fourth-order valence-corrected chi connectivity index (χ4v) is 1.84. The first-order chi connectivity index (χ1) is 9.59. The molecule has 0 radical (unpaired) electrons. The van der Waals surface area contributed by atoms with Gasteiger partial charge in [0.05, 0.1) is 21.3 Å². The molecule has 0 bridgehead atoms. The maximum absolute atomic E-state index is 12.9. The van der Waals surface area contributed by atoms with E-state index in [2.05, 4.69) is 10.5 Å². The third kappa shape index (κ3) is 3.77. The lowest BCUT2D eigenvalue weighted by Gasteiger charge is -2.16. The van der Waals surface area contributed by atoms with Crippen molar-refractivity contribution in [1.82, 2.24) is 0 Å². The van der Waals surface area contributed by atoms with Crippen molar-refractivity contribution in [2.75, 3.05) is 5.43 Å². The lowest BCUT2D eigenvalue weighted by Crippen LogP contribution is -2.22. The Labute approximate surface area is 127 Å². The average Bonchev–Trinajstić information content (AvgIpc) is 2.36. The van der Waals surface area contributed by atoms with E-state index in [1.54, 1.807) is 0 Å². The number of nitrogens with one attached hydrogen (secondary N) is 2. The van der Waals surface area contributed by atoms with Crippen LogP contribution in [-0.2, 0) is 6.18 Å². The summed E-state index contributed by atoms with van der Waals surface area (Å²) in [4.78, 5) is 0. The van der Waals surface area contributed by atoms with Gasteiger partial charge < -0.3 is 5.73 Å². The summed E-state index contributed by atoms with van der Waals surface area (Å²) in [6.07, 6.45) is -4.63. The zero-order valence-corrected chi connectivity index (χ0v) is 12.0. The van der Waals surface area contributed by atoms with Crippen LogP contribution in [0.3, 0.4) is 0 Å². The maximum atomic E-state index is 12.9. The number of alkyl halides is 3. The van der Waals surface area contributed by atoms with E-state index in [1.165, 1.54) is 13.0 Å². The number of nitrogens with zero attached hydrogens (tertiary/aromatic N) is 2. The van der Waals surface area contributed by atoms with E-state index in [1.807, 2.05) is 0 Å². The Balaban J connectivity index is 3.41. The van der Waals surface area contributed by atoms with Crippen LogP contribution in [-0.4, -0.2) is 11.5 Å². The maximum Gasteiger partial charge on any atom is 0.416 e. The number of benzene rings is 1. The highest BCUT2D eigenvalue weighted by Gasteiger charge is 2.34. The van der Waals surface area contributed by atoms with Crippen molar-refractivity contribution >= 4 is 40.4 Å². The van der Waals surface area contributed by atoms with E-state index in [-0.39, 0.29) is 21.3 Å². The lowest BCUT2D eigenvalue weighted by atomic mass is 10.1. The van der Waals surface area contributed by atoms with E-state index in [0.29, 0.717) is 6.07 Å². The van der Waals surface area contributed by atoms with Crippen LogP contribution in [0.5, 0.6) is 0 Å². The first-order valence-corrected chi connectivity index (χ1v) is 5.99. The Hall–Kier alpha value is -1.98. The number of hydrazone groups is 1. The summed E-state index contributed by atoms with van der Waals surface area (Å²) in [6, 6.07) is 2.21. The van der Waals surface area contributed by atoms with Crippen LogP contribution in [0, 0.1) is 23.7 Å². The van der Waals surface area contributed by atoms with E-state index in [0.717, 1.165) is 0 Å². The molecule has 0 aromatic heterocycles. The highest BCUT2D eigenvalue weighted by atomic mass is 35.5. The minimum Gasteiger partial charge on any atom is -0.382 e. The Bertz CT molecular complexity index is 661. The molecule has 0 amide bonds. The Morgan fingerprint density at radius 2 is 2.05 bits per heavy atom. The van der Waals surface area contributed by atoms with Gasteiger partial charge in [-0.1, -0.05) is 23.2 Å². The van der Waals surface area contributed by atoms with Crippen LogP contribution in [0.15, 0.2) is 11.2 Å². The molecular weight excluding hydrogens is 330 g/mol. The number of nitriles is 1. The normalized spacial score (nSPS) is 12.0. The molecule has 0 saturated carbocycles. The molecule has 0 aliphatic carbocycles. The fraction of sp³-hybridized carbons (Fsp3) is 0.182. The van der Waals surface area contributed by atoms with Crippen molar-refractivity contribution in [2.24, 2.45) is 10.8 Å². The van der Waals surface area contributed by atoms with E-state index < -0.39 is 23.3 Å². The minimum absolute atomic E-state index is 0.188. The summed E-state index contributed by atoms with van der Waals surface area (Å²) in [5.74, 6) is -0.642. The second kappa shape index (κ2) is 6.20. The van der Waals surface area contributed by atoms with Gasteiger partial charge in [-0.3, -0.25) is 10.8 Å². The van der Waals surface area contributed by atoms with Gasteiger partial charge in [-0.25, -0.2) is 0 Å². The Kier molecular flexibility index (Phi) is 5.04. The zero-order valence-electron chi connectivity index (χ0n) is 10.4. The molecule has 1 aromatic carbocycles. The van der Waals surface area contributed by atoms with Crippen molar-refractivity contribution < 1.29 is 13.2 Å². The molecule has 0 heterocycles. The van der Waals surface area contributed by atoms with Gasteiger partial charge in [0.15, 0.2) is 5.84 Å². The Morgan fingerprint density at radius 1 is 1.48 bits per heavy atom. The number of rotatable bonds is 3. The predicted octanol–water partition coefficient (Wildman–Crippen LogP) is 3.55. The van der Waals surface area contributed by atoms with Crippen molar-refractivity contribution in [3.63, 3.8) is 0 Å². The summed E-state index contributed by atoms with van der Waals surface area (Å²) in [5.41, 5.74) is 5.31. The first kappa shape index (κ1) is 17.1. The minimum atomic E-state index is -4.63. The number of hydrogen-bond donors (Lipinski definition) is 3. The molecule has 0 spiro atoms. The monoisotopic (exact) mass is 337 g/mol. The number of hydrogen-bond acceptors (Lipinski definition) is 4. The van der Waals surface area contributed by atoms with Crippen LogP contribution in [0.2, 0.25) is 10.0 Å². The standard InChI is InChI=1S/C11H8Cl2F3N5/c1-4-5(11(14,15)16)2-6(12)8(13)9(4)21-20-7(3-17)10(18)19/h2,21H,1H3,(H3,18,19)/b20-7+. The van der Waals surface area contributed by atoms with Crippen LogP contribution in [0.1, 0.15) is 11.1 Å². The van der Waals surface area contributed by atoms with Gasteiger partial charge in [-0.05, 0) is 18.6 Å². The van der Waals surface area contributed by atoms with Gasteiger partial charge >= 0.3 is 6.18 Å². The average molecular weight is 338 g/mol. The number of nitrogens with two attached hydrogens (primary N) is 1. The second-order valence-electron chi connectivity index (χ2n) is 3.82. The Morgan fingerprint density at radius 3 is 2.48 bits per heavy atom. The molecule has 0 fully saturated rings. The number of anilines is 1. The highest BCUT2D eigenvalue weighted by Crippen LogP contribution is 2.41. The summed E-state index contributed by atoms with van der Waals surface area (Å²) < 4.78 is 38.6. The summed E-state index contributed by atoms with van der Waals surface area (Å²) in [5, 5.41) is 18.7. The second-order valence-corrected chi connectivity index (χ2v) is 4.60. The van der Waals surface area contributed by atoms with Gasteiger partial charge in [0.25, 0.3) is 0 Å². The summed E-state index contributed by atoms with van der Waals surface area (Å²) >= 11 is 11.5. The highest BCUT2D eigenvalue weighted by molar-refractivity contribution is 6.46. The molecule has 112 valence electrons. The van der Waals surface area contributed by atoms with Crippen LogP contribution in [0.25, 0.3) is 0 Å². The van der Waals surface area contributed by atoms with E-state index in [4.69, 9.17) is 39.6 Å². The largest absolute Gasteiger partial charge is 0.416 e. The van der Waals surface area contributed by atoms with Gasteiger partial charge in [0, 0.05) is 0 Å². The lowest BCUT2D eigenvalue weighted by molar-refractivity contribution is -0.138. The van der Waals surface area contributed by atoms with Crippen molar-refractivity contribution in [2.45, 2.75) is 13.1 Å². The molecule has 0 unspecified atom stereocenters. The molecule has 0 atom stereocenters. The van der Waals surface area contributed by atoms with Gasteiger partial charge in [-0.2, -0.15) is 23.5 Å². The van der Waals surface area contributed by atoms with E-state index in [9.17, 15) is 13.2 Å². The van der Waals surface area contributed by atoms with Gasteiger partial charge in [0.2, 0.25) is 5.71 Å². The molecule has 10 heteroatoms. The SMILES string of the molecule is Cc1c(C(F)(F)F)cc(Cl)c(Cl)c1N/N=C(\C#N)C(=N)N. The predicted molar refractivity (Wildman–Crippen MR) is 74.8 cm³/mol. The number of halogens is 5. The molecule has 0 aliphatic rings. The molecule has 0 saturated heterocycles. The zero-order chi connectivity index (χ0) is 16.4. The van der Waals surface area contributed by atoms with Crippen molar-refractivity contribution in [3.05, 3.63) is 27.2 Å². The van der Waals surface area contributed by atoms with Gasteiger partial charge in [0.1, 0.15) is 6.07 Å². The van der Waals surface area contributed by atoms with Crippen LogP contribution >= 0.6 is 23.2 Å². The molecule has 0 aliphatic heterocycles. The molecule has 1 rings (SSSR count). The third-order valence-electron chi connectivity index (χ3n) is 2.43.